The highest BCUT2D eigenvalue weighted by atomic mass is 16.5. The first-order valence-electron chi connectivity index (χ1n) is 7.36. The molecule has 1 unspecified atom stereocenters. The van der Waals surface area contributed by atoms with Crippen molar-refractivity contribution in [1.29, 1.82) is 0 Å². The fourth-order valence-electron chi connectivity index (χ4n) is 2.73. The van der Waals surface area contributed by atoms with Crippen molar-refractivity contribution in [3.8, 4) is 11.5 Å². The molecule has 0 radical (unpaired) electrons. The predicted molar refractivity (Wildman–Crippen MR) is 81.0 cm³/mol. The number of fused-ring (bicyclic) bond motifs is 1. The van der Waals surface area contributed by atoms with Gasteiger partial charge < -0.3 is 15.6 Å². The number of benzene rings is 1. The van der Waals surface area contributed by atoms with Crippen LogP contribution in [0.2, 0.25) is 0 Å². The average molecular weight is 278 g/mol. The number of aromatic hydroxyl groups is 1. The highest BCUT2D eigenvalue weighted by molar-refractivity contribution is 5.44. The number of nitrogens with zero attached hydrogens (tertiary/aromatic N) is 1. The highest BCUT2D eigenvalue weighted by Crippen LogP contribution is 2.39. The SMILES string of the molecule is CCCN(CC(C)(C)CN)C1COc2cc(O)ccc21. The van der Waals surface area contributed by atoms with Gasteiger partial charge in [-0.15, -0.1) is 0 Å². The molecule has 4 heteroatoms. The summed E-state index contributed by atoms with van der Waals surface area (Å²) in [6.07, 6.45) is 1.10. The van der Waals surface area contributed by atoms with Crippen LogP contribution in [-0.2, 0) is 0 Å². The van der Waals surface area contributed by atoms with E-state index in [0.29, 0.717) is 13.2 Å². The highest BCUT2D eigenvalue weighted by Gasteiger charge is 2.32. The van der Waals surface area contributed by atoms with E-state index in [0.717, 1.165) is 25.3 Å². The molecule has 1 atom stereocenters. The summed E-state index contributed by atoms with van der Waals surface area (Å²) in [6.45, 7) is 9.88. The van der Waals surface area contributed by atoms with Crippen molar-refractivity contribution >= 4 is 0 Å². The summed E-state index contributed by atoms with van der Waals surface area (Å²) >= 11 is 0. The Labute approximate surface area is 121 Å². The van der Waals surface area contributed by atoms with Crippen LogP contribution in [-0.4, -0.2) is 36.2 Å². The van der Waals surface area contributed by atoms with Gasteiger partial charge in [-0.3, -0.25) is 4.90 Å². The fourth-order valence-corrected chi connectivity index (χ4v) is 2.73. The molecular weight excluding hydrogens is 252 g/mol. The third kappa shape index (κ3) is 3.25. The van der Waals surface area contributed by atoms with Crippen LogP contribution in [0.5, 0.6) is 11.5 Å². The van der Waals surface area contributed by atoms with E-state index in [9.17, 15) is 5.11 Å². The van der Waals surface area contributed by atoms with Crippen LogP contribution < -0.4 is 10.5 Å². The summed E-state index contributed by atoms with van der Waals surface area (Å²) in [7, 11) is 0. The normalized spacial score (nSPS) is 18.1. The zero-order valence-electron chi connectivity index (χ0n) is 12.7. The first-order chi connectivity index (χ1) is 9.46. The summed E-state index contributed by atoms with van der Waals surface area (Å²) in [5, 5.41) is 9.54. The first kappa shape index (κ1) is 15.1. The summed E-state index contributed by atoms with van der Waals surface area (Å²) in [4.78, 5) is 2.45. The molecule has 1 aliphatic heterocycles. The van der Waals surface area contributed by atoms with Crippen LogP contribution in [0.25, 0.3) is 0 Å². The molecule has 2 rings (SSSR count). The lowest BCUT2D eigenvalue weighted by atomic mass is 9.91. The first-order valence-corrected chi connectivity index (χ1v) is 7.36. The van der Waals surface area contributed by atoms with Crippen molar-refractivity contribution in [3.63, 3.8) is 0 Å². The second-order valence-corrected chi connectivity index (χ2v) is 6.39. The molecule has 3 N–H and O–H groups in total. The lowest BCUT2D eigenvalue weighted by molar-refractivity contribution is 0.114. The van der Waals surface area contributed by atoms with E-state index < -0.39 is 0 Å². The fraction of sp³-hybridized carbons (Fsp3) is 0.625. The summed E-state index contributed by atoms with van der Waals surface area (Å²) < 4.78 is 5.73. The molecule has 0 aliphatic carbocycles. The Kier molecular flexibility index (Phi) is 4.55. The Morgan fingerprint density at radius 3 is 2.85 bits per heavy atom. The second kappa shape index (κ2) is 6.02. The molecule has 0 bridgehead atoms. The molecular formula is C16H26N2O2. The molecule has 112 valence electrons. The monoisotopic (exact) mass is 278 g/mol. The topological polar surface area (TPSA) is 58.7 Å². The van der Waals surface area contributed by atoms with Gasteiger partial charge >= 0.3 is 0 Å². The number of nitrogens with two attached hydrogens (primary N) is 1. The molecule has 1 aliphatic rings. The number of phenols is 1. The maximum Gasteiger partial charge on any atom is 0.127 e. The summed E-state index contributed by atoms with van der Waals surface area (Å²) in [6, 6.07) is 5.67. The number of phenolic OH excluding ortho intramolecular Hbond substituents is 1. The van der Waals surface area contributed by atoms with E-state index in [4.69, 9.17) is 10.5 Å². The van der Waals surface area contributed by atoms with Crippen molar-refractivity contribution in [2.24, 2.45) is 11.1 Å². The van der Waals surface area contributed by atoms with Crippen molar-refractivity contribution < 1.29 is 9.84 Å². The van der Waals surface area contributed by atoms with E-state index in [2.05, 4.69) is 25.7 Å². The molecule has 0 spiro atoms. The third-order valence-corrected chi connectivity index (χ3v) is 3.89. The second-order valence-electron chi connectivity index (χ2n) is 6.39. The number of ether oxygens (including phenoxy) is 1. The molecule has 1 heterocycles. The van der Waals surface area contributed by atoms with Gasteiger partial charge in [0.2, 0.25) is 0 Å². The minimum Gasteiger partial charge on any atom is -0.508 e. The number of hydrogen-bond acceptors (Lipinski definition) is 4. The van der Waals surface area contributed by atoms with Gasteiger partial charge in [-0.05, 0) is 37.1 Å². The third-order valence-electron chi connectivity index (χ3n) is 3.89. The van der Waals surface area contributed by atoms with Crippen LogP contribution in [0, 0.1) is 5.41 Å². The van der Waals surface area contributed by atoms with Crippen LogP contribution in [0.15, 0.2) is 18.2 Å². The van der Waals surface area contributed by atoms with E-state index in [-0.39, 0.29) is 17.2 Å². The Hall–Kier alpha value is -1.26. The van der Waals surface area contributed by atoms with Crippen molar-refractivity contribution in [2.75, 3.05) is 26.2 Å². The minimum atomic E-state index is 0.0921. The van der Waals surface area contributed by atoms with Crippen LogP contribution >= 0.6 is 0 Å². The lowest BCUT2D eigenvalue weighted by Gasteiger charge is -2.35. The Morgan fingerprint density at radius 2 is 2.20 bits per heavy atom. The molecule has 0 aromatic heterocycles. The minimum absolute atomic E-state index is 0.0921. The van der Waals surface area contributed by atoms with E-state index in [1.807, 2.05) is 6.07 Å². The van der Waals surface area contributed by atoms with Gasteiger partial charge in [0.1, 0.15) is 18.1 Å². The molecule has 1 aromatic rings. The van der Waals surface area contributed by atoms with Gasteiger partial charge in [0.25, 0.3) is 0 Å². The lowest BCUT2D eigenvalue weighted by Crippen LogP contribution is -2.41. The maximum absolute atomic E-state index is 9.54. The van der Waals surface area contributed by atoms with Crippen molar-refractivity contribution in [2.45, 2.75) is 33.2 Å². The maximum atomic E-state index is 9.54. The molecule has 0 saturated heterocycles. The van der Waals surface area contributed by atoms with Gasteiger partial charge in [0.05, 0.1) is 6.04 Å². The predicted octanol–water partition coefficient (Wildman–Crippen LogP) is 2.52. The van der Waals surface area contributed by atoms with Gasteiger partial charge in [0.15, 0.2) is 0 Å². The average Bonchev–Trinajstić information content (AvgIpc) is 2.81. The molecule has 0 fully saturated rings. The molecule has 0 saturated carbocycles. The Morgan fingerprint density at radius 1 is 1.45 bits per heavy atom. The molecule has 0 amide bonds. The van der Waals surface area contributed by atoms with E-state index in [1.54, 1.807) is 12.1 Å². The standard InChI is InChI=1S/C16H26N2O2/c1-4-7-18(11-16(2,3)10-17)14-9-20-15-8-12(19)5-6-13(14)15/h5-6,8,14,19H,4,7,9-11,17H2,1-3H3. The largest absolute Gasteiger partial charge is 0.508 e. The van der Waals surface area contributed by atoms with Gasteiger partial charge in [-0.25, -0.2) is 0 Å². The summed E-state index contributed by atoms with van der Waals surface area (Å²) in [5.74, 6) is 1.07. The molecule has 1 aromatic carbocycles. The zero-order valence-corrected chi connectivity index (χ0v) is 12.7. The van der Waals surface area contributed by atoms with E-state index in [1.165, 1.54) is 5.56 Å². The molecule has 4 nitrogen and oxygen atoms in total. The Bertz CT molecular complexity index is 460. The summed E-state index contributed by atoms with van der Waals surface area (Å²) in [5.41, 5.74) is 7.14. The van der Waals surface area contributed by atoms with Crippen molar-refractivity contribution in [3.05, 3.63) is 23.8 Å². The Balaban J connectivity index is 2.20. The van der Waals surface area contributed by atoms with Crippen LogP contribution in [0.1, 0.15) is 38.8 Å². The quantitative estimate of drug-likeness (QED) is 0.839. The van der Waals surface area contributed by atoms with Gasteiger partial charge in [0, 0.05) is 18.2 Å². The van der Waals surface area contributed by atoms with E-state index >= 15 is 0 Å². The molecule has 20 heavy (non-hydrogen) atoms. The van der Waals surface area contributed by atoms with Crippen molar-refractivity contribution in [1.82, 2.24) is 4.90 Å². The number of rotatable bonds is 6. The smallest absolute Gasteiger partial charge is 0.127 e. The van der Waals surface area contributed by atoms with Crippen LogP contribution in [0.3, 0.4) is 0 Å². The van der Waals surface area contributed by atoms with Crippen LogP contribution in [0.4, 0.5) is 0 Å². The number of hydrogen-bond donors (Lipinski definition) is 2. The zero-order chi connectivity index (χ0) is 14.8. The van der Waals surface area contributed by atoms with Gasteiger partial charge in [-0.1, -0.05) is 20.8 Å². The van der Waals surface area contributed by atoms with Gasteiger partial charge in [-0.2, -0.15) is 0 Å².